The van der Waals surface area contributed by atoms with Crippen LogP contribution in [-0.2, 0) is 0 Å². The van der Waals surface area contributed by atoms with Crippen molar-refractivity contribution in [1.29, 1.82) is 0 Å². The van der Waals surface area contributed by atoms with Gasteiger partial charge in [-0.3, -0.25) is 0 Å². The van der Waals surface area contributed by atoms with Crippen LogP contribution < -0.4 is 0 Å². The molecule has 1 aliphatic carbocycles. The molecule has 0 atom stereocenters. The van der Waals surface area contributed by atoms with Crippen molar-refractivity contribution in [3.63, 3.8) is 0 Å². The molecule has 9 aromatic carbocycles. The molecule has 0 bridgehead atoms. The van der Waals surface area contributed by atoms with Gasteiger partial charge >= 0.3 is 0 Å². The Morgan fingerprint density at radius 1 is 0.300 bits per heavy atom. The van der Waals surface area contributed by atoms with Gasteiger partial charge in [0.25, 0.3) is 0 Å². The summed E-state index contributed by atoms with van der Waals surface area (Å²) >= 11 is 0. The fourth-order valence-electron chi connectivity index (χ4n) is 8.81. The number of aromatic nitrogens is 3. The molecular weight excluding hydrogens is 727 g/mol. The molecule has 0 saturated carbocycles. The van der Waals surface area contributed by atoms with Crippen LogP contribution in [0.2, 0.25) is 0 Å². The summed E-state index contributed by atoms with van der Waals surface area (Å²) in [4.78, 5) is 15.7. The molecule has 0 amide bonds. The first-order valence-electron chi connectivity index (χ1n) is 20.7. The van der Waals surface area contributed by atoms with Crippen LogP contribution in [0.25, 0.3) is 105 Å². The van der Waals surface area contributed by atoms with Crippen LogP contribution in [0, 0.1) is 0 Å². The maximum atomic E-state index is 5.27. The van der Waals surface area contributed by atoms with Crippen LogP contribution in [0.15, 0.2) is 212 Å². The highest BCUT2D eigenvalue weighted by Crippen LogP contribution is 2.39. The van der Waals surface area contributed by atoms with E-state index < -0.39 is 0 Å². The fourth-order valence-corrected chi connectivity index (χ4v) is 8.81. The summed E-state index contributed by atoms with van der Waals surface area (Å²) in [7, 11) is 0. The van der Waals surface area contributed by atoms with Crippen LogP contribution in [0.3, 0.4) is 0 Å². The molecule has 0 radical (unpaired) electrons. The van der Waals surface area contributed by atoms with Gasteiger partial charge in [-0.05, 0) is 114 Å². The minimum absolute atomic E-state index is 0.635. The second-order valence-electron chi connectivity index (χ2n) is 15.5. The summed E-state index contributed by atoms with van der Waals surface area (Å²) in [5.74, 6) is 1.92. The minimum Gasteiger partial charge on any atom is -0.208 e. The van der Waals surface area contributed by atoms with Gasteiger partial charge in [0.1, 0.15) is 0 Å². The number of fused-ring (bicyclic) bond motifs is 6. The van der Waals surface area contributed by atoms with Crippen LogP contribution in [0.1, 0.15) is 18.4 Å². The maximum Gasteiger partial charge on any atom is 0.164 e. The Morgan fingerprint density at radius 3 is 1.43 bits per heavy atom. The lowest BCUT2D eigenvalue weighted by atomic mass is 9.91. The third kappa shape index (κ3) is 6.57. The van der Waals surface area contributed by atoms with Gasteiger partial charge in [0.15, 0.2) is 17.5 Å². The molecule has 1 aliphatic rings. The van der Waals surface area contributed by atoms with E-state index in [0.29, 0.717) is 17.5 Å². The highest BCUT2D eigenvalue weighted by molar-refractivity contribution is 6.25. The van der Waals surface area contributed by atoms with Gasteiger partial charge < -0.3 is 0 Å². The molecule has 0 spiro atoms. The Hall–Kier alpha value is -7.75. The maximum absolute atomic E-state index is 5.27. The third-order valence-electron chi connectivity index (χ3n) is 11.8. The van der Waals surface area contributed by atoms with Crippen LogP contribution in [0.4, 0.5) is 0 Å². The summed E-state index contributed by atoms with van der Waals surface area (Å²) in [5, 5.41) is 7.63. The number of allylic oxidation sites excluding steroid dienone is 4. The predicted molar refractivity (Wildman–Crippen MR) is 251 cm³/mol. The van der Waals surface area contributed by atoms with E-state index in [9.17, 15) is 0 Å². The highest BCUT2D eigenvalue weighted by Gasteiger charge is 2.18. The lowest BCUT2D eigenvalue weighted by molar-refractivity contribution is 1.05. The Bertz CT molecular complexity index is 3290. The van der Waals surface area contributed by atoms with Gasteiger partial charge in [-0.1, -0.05) is 188 Å². The Labute approximate surface area is 349 Å². The van der Waals surface area contributed by atoms with E-state index in [2.05, 4.69) is 206 Å². The van der Waals surface area contributed by atoms with E-state index in [1.165, 1.54) is 49.0 Å². The van der Waals surface area contributed by atoms with Gasteiger partial charge in [-0.15, -0.1) is 0 Å². The van der Waals surface area contributed by atoms with E-state index in [-0.39, 0.29) is 0 Å². The van der Waals surface area contributed by atoms with Gasteiger partial charge in [0.2, 0.25) is 0 Å². The smallest absolute Gasteiger partial charge is 0.164 e. The topological polar surface area (TPSA) is 38.7 Å². The first kappa shape index (κ1) is 35.4. The summed E-state index contributed by atoms with van der Waals surface area (Å²) in [5.41, 5.74) is 12.1. The molecule has 0 unspecified atom stereocenters. The summed E-state index contributed by atoms with van der Waals surface area (Å²) in [6.07, 6.45) is 8.65. The highest BCUT2D eigenvalue weighted by atomic mass is 15.0. The van der Waals surface area contributed by atoms with Crippen molar-refractivity contribution >= 4 is 37.9 Å². The summed E-state index contributed by atoms with van der Waals surface area (Å²) < 4.78 is 0. The molecule has 1 aromatic heterocycles. The summed E-state index contributed by atoms with van der Waals surface area (Å²) in [6.45, 7) is 0. The van der Waals surface area contributed by atoms with Gasteiger partial charge in [-0.25, -0.2) is 15.0 Å². The SMILES string of the molecule is C1=CCCC(c2cccc(-c3nc(-c4cccc(-c5ccccc5)c4)nc(-c4ccccc4-c4cccc(-c5ccc6c7ccccc7c7ccccc7c6c5)c4)n3)c2)=C1. The Morgan fingerprint density at radius 2 is 0.767 bits per heavy atom. The molecular formula is C57H39N3. The zero-order valence-electron chi connectivity index (χ0n) is 33.0. The van der Waals surface area contributed by atoms with Gasteiger partial charge in [0.05, 0.1) is 0 Å². The van der Waals surface area contributed by atoms with E-state index in [1.807, 2.05) is 6.07 Å². The monoisotopic (exact) mass is 765 g/mol. The largest absolute Gasteiger partial charge is 0.208 e. The van der Waals surface area contributed by atoms with E-state index in [1.54, 1.807) is 0 Å². The van der Waals surface area contributed by atoms with Crippen molar-refractivity contribution in [1.82, 2.24) is 15.0 Å². The second-order valence-corrected chi connectivity index (χ2v) is 15.5. The van der Waals surface area contributed by atoms with Crippen LogP contribution >= 0.6 is 0 Å². The van der Waals surface area contributed by atoms with Crippen LogP contribution in [-0.4, -0.2) is 15.0 Å². The number of nitrogens with zero attached hydrogens (tertiary/aromatic N) is 3. The molecule has 3 nitrogen and oxygen atoms in total. The number of hydrogen-bond donors (Lipinski definition) is 0. The molecule has 282 valence electrons. The third-order valence-corrected chi connectivity index (χ3v) is 11.8. The van der Waals surface area contributed by atoms with Crippen LogP contribution in [0.5, 0.6) is 0 Å². The fraction of sp³-hybridized carbons (Fsp3) is 0.0351. The Kier molecular flexibility index (Phi) is 8.98. The minimum atomic E-state index is 0.635. The predicted octanol–water partition coefficient (Wildman–Crippen LogP) is 15.1. The first-order chi connectivity index (χ1) is 29.7. The van der Waals surface area contributed by atoms with Crippen molar-refractivity contribution in [2.45, 2.75) is 12.8 Å². The number of benzene rings is 9. The van der Waals surface area contributed by atoms with Gasteiger partial charge in [0, 0.05) is 16.7 Å². The van der Waals surface area contributed by atoms with Crippen molar-refractivity contribution < 1.29 is 0 Å². The average Bonchev–Trinajstić information content (AvgIpc) is 3.34. The van der Waals surface area contributed by atoms with Crippen molar-refractivity contribution in [2.24, 2.45) is 0 Å². The second kappa shape index (κ2) is 15.2. The molecule has 0 aliphatic heterocycles. The molecule has 0 saturated heterocycles. The van der Waals surface area contributed by atoms with Gasteiger partial charge in [-0.2, -0.15) is 0 Å². The number of rotatable bonds is 7. The molecule has 0 fully saturated rings. The lowest BCUT2D eigenvalue weighted by Gasteiger charge is -2.15. The van der Waals surface area contributed by atoms with Crippen molar-refractivity contribution in [3.05, 3.63) is 218 Å². The molecule has 3 heteroatoms. The molecule has 60 heavy (non-hydrogen) atoms. The van der Waals surface area contributed by atoms with Crippen molar-refractivity contribution in [3.8, 4) is 67.5 Å². The van der Waals surface area contributed by atoms with Crippen molar-refractivity contribution in [2.75, 3.05) is 0 Å². The quantitative estimate of drug-likeness (QED) is 0.152. The normalized spacial score (nSPS) is 12.6. The average molecular weight is 766 g/mol. The lowest BCUT2D eigenvalue weighted by Crippen LogP contribution is -2.01. The molecule has 10 aromatic rings. The van der Waals surface area contributed by atoms with E-state index in [4.69, 9.17) is 15.0 Å². The zero-order chi connectivity index (χ0) is 39.8. The summed E-state index contributed by atoms with van der Waals surface area (Å²) in [6, 6.07) is 69.3. The van der Waals surface area contributed by atoms with E-state index >= 15 is 0 Å². The molecule has 11 rings (SSSR count). The zero-order valence-corrected chi connectivity index (χ0v) is 33.0. The molecule has 0 N–H and O–H groups in total. The standard InChI is InChI=1S/C57H39N3/c1-3-16-38(17-4-1)40-20-14-24-45(35-40)55-58-56(46-25-15-21-41(36-46)39-18-5-2-6-19-39)60-57(59-55)53-31-12-7-26-47(53)44-23-13-22-42(34-44)43-32-33-52-50-29-9-8-27-48(50)49-28-10-11-30-51(49)54(52)37-43/h1-5,7-18,20-37H,6,19H2. The number of hydrogen-bond acceptors (Lipinski definition) is 3. The molecule has 1 heterocycles. The Balaban J connectivity index is 1.05. The van der Waals surface area contributed by atoms with E-state index in [0.717, 1.165) is 57.3 Å². The first-order valence-corrected chi connectivity index (χ1v) is 20.7.